The third-order valence-corrected chi connectivity index (χ3v) is 4.27. The van der Waals surface area contributed by atoms with Crippen molar-refractivity contribution in [2.45, 2.75) is 78.6 Å². The van der Waals surface area contributed by atoms with Gasteiger partial charge in [0.25, 0.3) is 0 Å². The summed E-state index contributed by atoms with van der Waals surface area (Å²) >= 11 is 0. The van der Waals surface area contributed by atoms with Gasteiger partial charge in [-0.2, -0.15) is 0 Å². The Balaban J connectivity index is 0.00000400. The first kappa shape index (κ1) is 20.7. The van der Waals surface area contributed by atoms with Crippen LogP contribution in [-0.2, 0) is 0 Å². The van der Waals surface area contributed by atoms with Crippen LogP contribution in [0.25, 0.3) is 0 Å². The molecule has 0 spiro atoms. The predicted molar refractivity (Wildman–Crippen MR) is 89.0 cm³/mol. The maximum absolute atomic E-state index is 4.12. The summed E-state index contributed by atoms with van der Waals surface area (Å²) in [6.45, 7) is 8.26. The molecule has 0 saturated carbocycles. The normalized spacial score (nSPS) is 18.2. The molecule has 0 saturated heterocycles. The molecule has 0 amide bonds. The van der Waals surface area contributed by atoms with Crippen LogP contribution < -0.4 is 17.3 Å². The fraction of sp³-hybridized carbons (Fsp3) is 0.833. The van der Waals surface area contributed by atoms with Crippen LogP contribution in [0.15, 0.2) is 17.4 Å². The quantitative estimate of drug-likeness (QED) is 0.521. The molecule has 1 rings (SSSR count). The van der Waals surface area contributed by atoms with Crippen molar-refractivity contribution in [3.63, 3.8) is 0 Å². The molecule has 3 heteroatoms. The lowest BCUT2D eigenvalue weighted by Crippen LogP contribution is -3.05. The van der Waals surface area contributed by atoms with Crippen molar-refractivity contribution in [3.8, 4) is 0 Å². The predicted octanol–water partition coefficient (Wildman–Crippen LogP) is 1.19. The second-order valence-electron chi connectivity index (χ2n) is 6.91. The number of nitrogens with one attached hydrogen (secondary N) is 1. The molecule has 2 unspecified atom stereocenters. The van der Waals surface area contributed by atoms with Crippen molar-refractivity contribution in [3.05, 3.63) is 12.4 Å². The molecule has 1 aliphatic rings. The molecular weight excluding hydrogens is 280 g/mol. The van der Waals surface area contributed by atoms with E-state index in [9.17, 15) is 0 Å². The Morgan fingerprint density at radius 1 is 0.857 bits per heavy atom. The largest absolute Gasteiger partial charge is 1.00 e. The molecule has 21 heavy (non-hydrogen) atoms. The number of rotatable bonds is 12. The zero-order valence-corrected chi connectivity index (χ0v) is 15.0. The fourth-order valence-electron chi connectivity index (χ4n) is 2.78. The SMILES string of the molecule is CC(C)CCCCCCCCC(C)CC[NH+]1C=CN=C1.[Cl-]. The third-order valence-electron chi connectivity index (χ3n) is 4.27. The molecule has 1 heterocycles. The molecule has 2 nitrogen and oxygen atoms in total. The lowest BCUT2D eigenvalue weighted by molar-refractivity contribution is -0.737. The average molecular weight is 315 g/mol. The van der Waals surface area contributed by atoms with Gasteiger partial charge < -0.3 is 12.4 Å². The summed E-state index contributed by atoms with van der Waals surface area (Å²) in [6, 6.07) is 0. The van der Waals surface area contributed by atoms with Crippen molar-refractivity contribution >= 4 is 6.34 Å². The highest BCUT2D eigenvalue weighted by molar-refractivity contribution is 5.47. The maximum Gasteiger partial charge on any atom is 0.193 e. The van der Waals surface area contributed by atoms with E-state index in [2.05, 4.69) is 32.0 Å². The van der Waals surface area contributed by atoms with Gasteiger partial charge in [-0.25, -0.2) is 4.99 Å². The van der Waals surface area contributed by atoms with Crippen molar-refractivity contribution in [2.24, 2.45) is 16.8 Å². The lowest BCUT2D eigenvalue weighted by Gasteiger charge is -2.12. The third kappa shape index (κ3) is 11.9. The van der Waals surface area contributed by atoms with Gasteiger partial charge in [-0.3, -0.25) is 4.90 Å². The highest BCUT2D eigenvalue weighted by atomic mass is 35.5. The van der Waals surface area contributed by atoms with Crippen LogP contribution in [0.2, 0.25) is 0 Å². The molecule has 0 aromatic rings. The van der Waals surface area contributed by atoms with Crippen molar-refractivity contribution < 1.29 is 17.3 Å². The number of hydrogen-bond donors (Lipinski definition) is 1. The van der Waals surface area contributed by atoms with Gasteiger partial charge in [0.1, 0.15) is 6.20 Å². The minimum absolute atomic E-state index is 0. The van der Waals surface area contributed by atoms with Crippen LogP contribution in [0, 0.1) is 11.8 Å². The number of halogens is 1. The summed E-state index contributed by atoms with van der Waals surface area (Å²) in [5.41, 5.74) is 0. The minimum Gasteiger partial charge on any atom is -1.00 e. The Bertz CT molecular complexity index is 275. The highest BCUT2D eigenvalue weighted by Crippen LogP contribution is 2.15. The number of nitrogens with zero attached hydrogens (tertiary/aromatic N) is 1. The Labute approximate surface area is 138 Å². The van der Waals surface area contributed by atoms with Gasteiger partial charge in [0.15, 0.2) is 6.34 Å². The van der Waals surface area contributed by atoms with Gasteiger partial charge in [0, 0.05) is 0 Å². The molecule has 124 valence electrons. The van der Waals surface area contributed by atoms with Crippen LogP contribution in [0.4, 0.5) is 0 Å². The van der Waals surface area contributed by atoms with E-state index in [-0.39, 0.29) is 12.4 Å². The van der Waals surface area contributed by atoms with E-state index < -0.39 is 0 Å². The maximum atomic E-state index is 4.12. The summed E-state index contributed by atoms with van der Waals surface area (Å²) < 4.78 is 0. The van der Waals surface area contributed by atoms with E-state index in [1.54, 1.807) is 0 Å². The van der Waals surface area contributed by atoms with Crippen LogP contribution in [0.5, 0.6) is 0 Å². The molecule has 0 aliphatic carbocycles. The summed E-state index contributed by atoms with van der Waals surface area (Å²) in [6.07, 6.45) is 18.8. The van der Waals surface area contributed by atoms with Gasteiger partial charge in [0.2, 0.25) is 0 Å². The van der Waals surface area contributed by atoms with Gasteiger partial charge in [-0.05, 0) is 18.3 Å². The van der Waals surface area contributed by atoms with Crippen LogP contribution in [0.1, 0.15) is 78.6 Å². The first-order valence-electron chi connectivity index (χ1n) is 8.74. The molecule has 1 aliphatic heterocycles. The first-order chi connectivity index (χ1) is 9.68. The first-order valence-corrected chi connectivity index (χ1v) is 8.74. The van der Waals surface area contributed by atoms with E-state index in [0.717, 1.165) is 11.8 Å². The van der Waals surface area contributed by atoms with Crippen LogP contribution in [0.3, 0.4) is 0 Å². The zero-order valence-electron chi connectivity index (χ0n) is 14.3. The molecule has 0 radical (unpaired) electrons. The van der Waals surface area contributed by atoms with Gasteiger partial charge in [-0.1, -0.05) is 72.1 Å². The standard InChI is InChI=1S/C18H34N2.ClH/c1-17(2)10-8-6-4-5-7-9-11-18(3)12-14-20-15-13-19-16-20;/h13,15-18H,4-12,14H2,1-3H3;1H. The molecule has 0 aromatic carbocycles. The molecule has 2 atom stereocenters. The number of hydrogen-bond acceptors (Lipinski definition) is 1. The second kappa shape index (κ2) is 13.3. The second-order valence-corrected chi connectivity index (χ2v) is 6.91. The van der Waals surface area contributed by atoms with E-state index in [4.69, 9.17) is 0 Å². The van der Waals surface area contributed by atoms with Crippen LogP contribution in [-0.4, -0.2) is 12.9 Å². The number of unbranched alkanes of at least 4 members (excludes halogenated alkanes) is 5. The van der Waals surface area contributed by atoms with Crippen LogP contribution >= 0.6 is 0 Å². The van der Waals surface area contributed by atoms with Crippen molar-refractivity contribution in [1.82, 2.24) is 0 Å². The van der Waals surface area contributed by atoms with Crippen molar-refractivity contribution in [2.75, 3.05) is 6.54 Å². The van der Waals surface area contributed by atoms with E-state index >= 15 is 0 Å². The molecular formula is C18H35ClN2. The lowest BCUT2D eigenvalue weighted by atomic mass is 9.98. The van der Waals surface area contributed by atoms with E-state index in [1.807, 2.05) is 12.5 Å². The Hall–Kier alpha value is -0.340. The minimum atomic E-state index is 0. The number of aliphatic imine (C=N–C) groups is 1. The smallest absolute Gasteiger partial charge is 0.193 e. The topological polar surface area (TPSA) is 16.8 Å². The molecule has 1 N–H and O–H groups in total. The Morgan fingerprint density at radius 3 is 2.05 bits per heavy atom. The van der Waals surface area contributed by atoms with Gasteiger partial charge in [-0.15, -0.1) is 0 Å². The summed E-state index contributed by atoms with van der Waals surface area (Å²) in [7, 11) is 0. The monoisotopic (exact) mass is 314 g/mol. The summed E-state index contributed by atoms with van der Waals surface area (Å²) in [4.78, 5) is 5.53. The van der Waals surface area contributed by atoms with Gasteiger partial charge >= 0.3 is 0 Å². The average Bonchev–Trinajstić information content (AvgIpc) is 2.92. The summed E-state index contributed by atoms with van der Waals surface area (Å²) in [5.74, 6) is 1.75. The summed E-state index contributed by atoms with van der Waals surface area (Å²) in [5, 5.41) is 0. The van der Waals surface area contributed by atoms with E-state index in [1.165, 1.54) is 69.2 Å². The highest BCUT2D eigenvalue weighted by Gasteiger charge is 2.09. The fourth-order valence-corrected chi connectivity index (χ4v) is 2.78. The molecule has 0 fully saturated rings. The van der Waals surface area contributed by atoms with Gasteiger partial charge in [0.05, 0.1) is 12.7 Å². The zero-order chi connectivity index (χ0) is 14.6. The molecule has 0 bridgehead atoms. The Morgan fingerprint density at radius 2 is 1.48 bits per heavy atom. The number of quaternary nitrogens is 1. The van der Waals surface area contributed by atoms with Crippen molar-refractivity contribution in [1.29, 1.82) is 0 Å². The molecule has 0 aromatic heterocycles. The Kier molecular flexibility index (Phi) is 13.1. The van der Waals surface area contributed by atoms with E-state index in [0.29, 0.717) is 0 Å².